The Morgan fingerprint density at radius 1 is 1.17 bits per heavy atom. The van der Waals surface area contributed by atoms with Gasteiger partial charge in [-0.3, -0.25) is 4.98 Å². The standard InChI is InChI=1S/C27H31F2N5O5.2ClH/c1-17-22(24(35)39-2)23(18-7-8-19(28)20(29)16-18)34(26(37)32-17)25(36)31-12-5-13-33-14-9-27(38,10-15-33)21-6-3-4-11-30-21;;/h3-4,6-8,11,16,23,38H,5,9-10,12-15H2,1-2H3,(H,31,36)(H,32,37);2*1H. The van der Waals surface area contributed by atoms with E-state index in [0.717, 1.165) is 24.1 Å². The number of hydrogen-bond acceptors (Lipinski definition) is 7. The molecule has 41 heavy (non-hydrogen) atoms. The van der Waals surface area contributed by atoms with Gasteiger partial charge in [-0.1, -0.05) is 12.1 Å². The van der Waals surface area contributed by atoms with Gasteiger partial charge in [-0.2, -0.15) is 0 Å². The highest BCUT2D eigenvalue weighted by Crippen LogP contribution is 2.35. The number of pyridine rings is 1. The highest BCUT2D eigenvalue weighted by Gasteiger charge is 2.42. The summed E-state index contributed by atoms with van der Waals surface area (Å²) in [5, 5.41) is 16.1. The molecular formula is C27H33Cl2F2N5O5. The maximum Gasteiger partial charge on any atom is 0.337 e. The minimum atomic E-state index is -1.33. The van der Waals surface area contributed by atoms with Gasteiger partial charge in [-0.15, -0.1) is 24.8 Å². The lowest BCUT2D eigenvalue weighted by Crippen LogP contribution is -2.54. The number of benzene rings is 1. The van der Waals surface area contributed by atoms with Crippen LogP contribution in [0.4, 0.5) is 18.4 Å². The minimum absolute atomic E-state index is 0. The summed E-state index contributed by atoms with van der Waals surface area (Å²) in [7, 11) is 1.14. The van der Waals surface area contributed by atoms with Gasteiger partial charge in [0.2, 0.25) is 0 Å². The highest BCUT2D eigenvalue weighted by molar-refractivity contribution is 6.01. The van der Waals surface area contributed by atoms with Gasteiger partial charge in [-0.05, 0) is 62.6 Å². The zero-order valence-corrected chi connectivity index (χ0v) is 24.2. The summed E-state index contributed by atoms with van der Waals surface area (Å²) in [4.78, 5) is 45.8. The van der Waals surface area contributed by atoms with Crippen molar-refractivity contribution in [3.8, 4) is 0 Å². The molecule has 224 valence electrons. The molecule has 0 radical (unpaired) electrons. The van der Waals surface area contributed by atoms with Crippen molar-refractivity contribution in [2.45, 2.75) is 37.8 Å². The number of halogens is 4. The summed E-state index contributed by atoms with van der Waals surface area (Å²) >= 11 is 0. The summed E-state index contributed by atoms with van der Waals surface area (Å²) in [5.74, 6) is -3.11. The molecule has 1 fully saturated rings. The van der Waals surface area contributed by atoms with E-state index in [2.05, 4.69) is 20.5 Å². The normalized spacial score (nSPS) is 18.5. The first-order chi connectivity index (χ1) is 18.6. The van der Waals surface area contributed by atoms with E-state index in [-0.39, 0.29) is 48.2 Å². The zero-order chi connectivity index (χ0) is 28.2. The maximum absolute atomic E-state index is 14.1. The molecule has 4 amide bonds. The molecule has 3 heterocycles. The van der Waals surface area contributed by atoms with Gasteiger partial charge in [0.05, 0.1) is 18.4 Å². The summed E-state index contributed by atoms with van der Waals surface area (Å²) in [6, 6.07) is 5.43. The predicted octanol–water partition coefficient (Wildman–Crippen LogP) is 3.80. The Kier molecular flexibility index (Phi) is 12.0. The lowest BCUT2D eigenvalue weighted by molar-refractivity contribution is -0.136. The fourth-order valence-corrected chi connectivity index (χ4v) is 4.95. The number of nitrogens with one attached hydrogen (secondary N) is 2. The van der Waals surface area contributed by atoms with Gasteiger partial charge < -0.3 is 25.4 Å². The Labute approximate surface area is 248 Å². The first-order valence-electron chi connectivity index (χ1n) is 12.6. The van der Waals surface area contributed by atoms with E-state index >= 15 is 0 Å². The zero-order valence-electron chi connectivity index (χ0n) is 22.6. The van der Waals surface area contributed by atoms with Crippen LogP contribution in [0.2, 0.25) is 0 Å². The minimum Gasteiger partial charge on any atom is -0.466 e. The van der Waals surface area contributed by atoms with E-state index in [9.17, 15) is 28.3 Å². The first kappa shape index (κ1) is 33.9. The van der Waals surface area contributed by atoms with Crippen molar-refractivity contribution in [2.24, 2.45) is 0 Å². The van der Waals surface area contributed by atoms with E-state index in [1.807, 2.05) is 12.1 Å². The number of ether oxygens (including phenoxy) is 1. The molecule has 2 aliphatic rings. The maximum atomic E-state index is 14.1. The van der Waals surface area contributed by atoms with Gasteiger partial charge in [0.1, 0.15) is 11.6 Å². The lowest BCUT2D eigenvalue weighted by Gasteiger charge is -2.38. The summed E-state index contributed by atoms with van der Waals surface area (Å²) < 4.78 is 32.5. The van der Waals surface area contributed by atoms with E-state index in [1.165, 1.54) is 13.0 Å². The number of urea groups is 2. The van der Waals surface area contributed by atoms with Crippen LogP contribution in [0.3, 0.4) is 0 Å². The molecule has 0 bridgehead atoms. The number of methoxy groups -OCH3 is 1. The van der Waals surface area contributed by atoms with Gasteiger partial charge in [0.15, 0.2) is 11.6 Å². The number of piperidine rings is 1. The smallest absolute Gasteiger partial charge is 0.337 e. The van der Waals surface area contributed by atoms with Crippen LogP contribution in [0.25, 0.3) is 0 Å². The Morgan fingerprint density at radius 3 is 2.49 bits per heavy atom. The molecule has 0 aliphatic carbocycles. The van der Waals surface area contributed by atoms with Crippen LogP contribution in [0.1, 0.15) is 43.5 Å². The van der Waals surface area contributed by atoms with Gasteiger partial charge in [-0.25, -0.2) is 28.1 Å². The number of esters is 1. The molecule has 1 atom stereocenters. The van der Waals surface area contributed by atoms with E-state index in [1.54, 1.807) is 12.3 Å². The number of allylic oxidation sites excluding steroid dienone is 1. The Bertz CT molecular complexity index is 1280. The SMILES string of the molecule is COC(=O)C1=C(C)NC(=O)N(C(=O)NCCCN2CCC(O)(c3ccccn3)CC2)C1c1ccc(F)c(F)c1.Cl.Cl. The van der Waals surface area contributed by atoms with Crippen LogP contribution in [-0.4, -0.2) is 71.2 Å². The molecule has 0 saturated carbocycles. The number of carbonyl (C=O) groups is 3. The molecule has 1 aromatic carbocycles. The van der Waals surface area contributed by atoms with Crippen LogP contribution in [-0.2, 0) is 15.1 Å². The highest BCUT2D eigenvalue weighted by atomic mass is 35.5. The number of aromatic nitrogens is 1. The molecule has 1 unspecified atom stereocenters. The number of likely N-dealkylation sites (tertiary alicyclic amines) is 1. The van der Waals surface area contributed by atoms with Crippen molar-refractivity contribution in [3.63, 3.8) is 0 Å². The molecule has 1 saturated heterocycles. The topological polar surface area (TPSA) is 124 Å². The summed E-state index contributed by atoms with van der Waals surface area (Å²) in [6.45, 7) is 3.62. The van der Waals surface area contributed by atoms with Crippen LogP contribution in [0.5, 0.6) is 0 Å². The average Bonchev–Trinajstić information content (AvgIpc) is 2.93. The van der Waals surface area contributed by atoms with Crippen LogP contribution in [0, 0.1) is 11.6 Å². The quantitative estimate of drug-likeness (QED) is 0.320. The number of hydrogen-bond donors (Lipinski definition) is 3. The van der Waals surface area contributed by atoms with E-state index in [4.69, 9.17) is 4.74 Å². The number of amides is 4. The molecule has 2 aromatic rings. The Balaban J connectivity index is 0.00000294. The molecule has 14 heteroatoms. The fourth-order valence-electron chi connectivity index (χ4n) is 4.95. The lowest BCUT2D eigenvalue weighted by atomic mass is 9.87. The Hall–Kier alpha value is -3.32. The summed E-state index contributed by atoms with van der Waals surface area (Å²) in [5.41, 5.74) is -0.213. The van der Waals surface area contributed by atoms with Crippen molar-refractivity contribution in [2.75, 3.05) is 33.3 Å². The molecule has 0 spiro atoms. The number of carbonyl (C=O) groups excluding carboxylic acids is 3. The summed E-state index contributed by atoms with van der Waals surface area (Å²) in [6.07, 6.45) is 3.27. The van der Waals surface area contributed by atoms with Gasteiger partial charge >= 0.3 is 18.0 Å². The van der Waals surface area contributed by atoms with E-state index in [0.29, 0.717) is 44.6 Å². The number of rotatable bonds is 7. The largest absolute Gasteiger partial charge is 0.466 e. The van der Waals surface area contributed by atoms with Gasteiger partial charge in [0, 0.05) is 31.5 Å². The predicted molar refractivity (Wildman–Crippen MR) is 151 cm³/mol. The van der Waals surface area contributed by atoms with E-state index < -0.39 is 41.3 Å². The molecule has 1 aromatic heterocycles. The van der Waals surface area contributed by atoms with Crippen molar-refractivity contribution < 1.29 is 33.0 Å². The molecule has 3 N–H and O–H groups in total. The third-order valence-corrected chi connectivity index (χ3v) is 7.08. The van der Waals surface area contributed by atoms with Crippen molar-refractivity contribution >= 4 is 42.8 Å². The van der Waals surface area contributed by atoms with Crippen LogP contribution >= 0.6 is 24.8 Å². The third kappa shape index (κ3) is 7.50. The molecular weight excluding hydrogens is 583 g/mol. The van der Waals surface area contributed by atoms with Crippen LogP contribution < -0.4 is 10.6 Å². The fraction of sp³-hybridized carbons (Fsp3) is 0.407. The number of aliphatic hydroxyl groups is 1. The van der Waals surface area contributed by atoms with Crippen molar-refractivity contribution in [3.05, 3.63) is 76.8 Å². The molecule has 4 rings (SSSR count). The van der Waals surface area contributed by atoms with Crippen LogP contribution in [0.15, 0.2) is 53.9 Å². The average molecular weight is 616 g/mol. The first-order valence-corrected chi connectivity index (χ1v) is 12.6. The molecule has 10 nitrogen and oxygen atoms in total. The van der Waals surface area contributed by atoms with Gasteiger partial charge in [0.25, 0.3) is 0 Å². The Morgan fingerprint density at radius 2 is 1.88 bits per heavy atom. The number of imide groups is 1. The second kappa shape index (κ2) is 14.5. The second-order valence-corrected chi connectivity index (χ2v) is 9.58. The van der Waals surface area contributed by atoms with Crippen molar-refractivity contribution in [1.29, 1.82) is 0 Å². The third-order valence-electron chi connectivity index (χ3n) is 7.08. The molecule has 2 aliphatic heterocycles. The van der Waals surface area contributed by atoms with Crippen molar-refractivity contribution in [1.82, 2.24) is 25.4 Å². The monoisotopic (exact) mass is 615 g/mol. The number of nitrogens with zero attached hydrogens (tertiary/aromatic N) is 3. The second-order valence-electron chi connectivity index (χ2n) is 9.58.